The van der Waals surface area contributed by atoms with E-state index in [4.69, 9.17) is 0 Å². The van der Waals surface area contributed by atoms with E-state index in [1.165, 1.54) is 0 Å². The number of carbonyl (C=O) groups excluding carboxylic acids is 1. The largest absolute Gasteiger partial charge is 0.508 e. The maximum Gasteiger partial charge on any atom is 0.263 e. The van der Waals surface area contributed by atoms with Gasteiger partial charge >= 0.3 is 0 Å². The highest BCUT2D eigenvalue weighted by Crippen LogP contribution is 2.38. The summed E-state index contributed by atoms with van der Waals surface area (Å²) in [6.45, 7) is 16.6. The fourth-order valence-corrected chi connectivity index (χ4v) is 5.63. The molecule has 1 N–H and O–H groups in total. The quantitative estimate of drug-likeness (QED) is 0.608. The van der Waals surface area contributed by atoms with Gasteiger partial charge in [-0.25, -0.2) is 0 Å². The molecule has 168 valence electrons. The molecule has 1 saturated heterocycles. The number of thiophene rings is 1. The van der Waals surface area contributed by atoms with Gasteiger partial charge in [0.05, 0.1) is 10.9 Å². The first-order valence-electron chi connectivity index (χ1n) is 11.2. The van der Waals surface area contributed by atoms with Crippen LogP contribution in [0.3, 0.4) is 0 Å². The van der Waals surface area contributed by atoms with Crippen molar-refractivity contribution >= 4 is 17.2 Å². The maximum absolute atomic E-state index is 12.9. The smallest absolute Gasteiger partial charge is 0.263 e. The predicted molar refractivity (Wildman–Crippen MR) is 129 cm³/mol. The number of amides is 1. The molecule has 1 aromatic carbocycles. The van der Waals surface area contributed by atoms with Crippen molar-refractivity contribution in [3.05, 3.63) is 64.4 Å². The Morgan fingerprint density at radius 3 is 2.61 bits per heavy atom. The summed E-state index contributed by atoms with van der Waals surface area (Å²) >= 11 is 1.57. The van der Waals surface area contributed by atoms with Crippen molar-refractivity contribution in [1.29, 1.82) is 0 Å². The van der Waals surface area contributed by atoms with E-state index in [0.717, 1.165) is 35.0 Å². The van der Waals surface area contributed by atoms with Crippen molar-refractivity contribution in [2.45, 2.75) is 45.8 Å². The summed E-state index contributed by atoms with van der Waals surface area (Å²) in [6.07, 6.45) is 1.97. The van der Waals surface area contributed by atoms with Crippen LogP contribution in [0.2, 0.25) is 0 Å². The van der Waals surface area contributed by atoms with Crippen LogP contribution in [0.4, 0.5) is 0 Å². The zero-order chi connectivity index (χ0) is 22.5. The van der Waals surface area contributed by atoms with E-state index in [-0.39, 0.29) is 17.7 Å². The van der Waals surface area contributed by atoms with Gasteiger partial charge in [0.2, 0.25) is 0 Å². The van der Waals surface area contributed by atoms with Crippen LogP contribution >= 0.6 is 11.3 Å². The highest BCUT2D eigenvalue weighted by Gasteiger charge is 2.35. The topological polar surface area (TPSA) is 47.0 Å². The SMILES string of the molecule is C=CCN1C[C@@H](C)N([C@H](c2cccc(O)c2)c2ccc(C(=O)N(CC)CC)s2)C[C@@H]1C. The Hall–Kier alpha value is -2.15. The predicted octanol–water partition coefficient (Wildman–Crippen LogP) is 4.61. The second-order valence-corrected chi connectivity index (χ2v) is 9.43. The van der Waals surface area contributed by atoms with Crippen molar-refractivity contribution in [2.75, 3.05) is 32.7 Å². The second-order valence-electron chi connectivity index (χ2n) is 8.31. The van der Waals surface area contributed by atoms with Gasteiger partial charge in [-0.2, -0.15) is 0 Å². The summed E-state index contributed by atoms with van der Waals surface area (Å²) in [4.78, 5) is 21.6. The van der Waals surface area contributed by atoms with Crippen LogP contribution in [0.25, 0.3) is 0 Å². The number of aromatic hydroxyl groups is 1. The van der Waals surface area contributed by atoms with Crippen LogP contribution in [0.5, 0.6) is 5.75 Å². The lowest BCUT2D eigenvalue weighted by molar-refractivity contribution is 0.0315. The van der Waals surface area contributed by atoms with Gasteiger partial charge in [0, 0.05) is 49.7 Å². The molecular formula is C25H35N3O2S. The van der Waals surface area contributed by atoms with E-state index >= 15 is 0 Å². The van der Waals surface area contributed by atoms with Gasteiger partial charge in [-0.15, -0.1) is 17.9 Å². The van der Waals surface area contributed by atoms with E-state index in [0.29, 0.717) is 25.2 Å². The minimum absolute atomic E-state index is 0.00122. The molecule has 31 heavy (non-hydrogen) atoms. The van der Waals surface area contributed by atoms with Crippen LogP contribution in [0.15, 0.2) is 49.1 Å². The normalized spacial score (nSPS) is 21.0. The first-order valence-corrected chi connectivity index (χ1v) is 12.0. The zero-order valence-corrected chi connectivity index (χ0v) is 19.9. The highest BCUT2D eigenvalue weighted by atomic mass is 32.1. The van der Waals surface area contributed by atoms with Crippen molar-refractivity contribution < 1.29 is 9.90 Å². The number of phenols is 1. The Bertz CT molecular complexity index is 892. The van der Waals surface area contributed by atoms with E-state index < -0.39 is 0 Å². The van der Waals surface area contributed by atoms with Gasteiger partial charge in [-0.05, 0) is 57.5 Å². The molecule has 1 fully saturated rings. The first kappa shape index (κ1) is 23.5. The van der Waals surface area contributed by atoms with Gasteiger partial charge in [0.15, 0.2) is 0 Å². The van der Waals surface area contributed by atoms with Crippen molar-refractivity contribution in [3.63, 3.8) is 0 Å². The molecule has 0 saturated carbocycles. The van der Waals surface area contributed by atoms with Crippen molar-refractivity contribution in [2.24, 2.45) is 0 Å². The van der Waals surface area contributed by atoms with Gasteiger partial charge in [-0.1, -0.05) is 18.2 Å². The summed E-state index contributed by atoms with van der Waals surface area (Å²) in [6, 6.07) is 12.3. The number of benzene rings is 1. The first-order chi connectivity index (χ1) is 14.9. The van der Waals surface area contributed by atoms with Crippen LogP contribution in [-0.2, 0) is 0 Å². The molecule has 1 amide bonds. The molecule has 0 aliphatic carbocycles. The van der Waals surface area contributed by atoms with Crippen LogP contribution < -0.4 is 0 Å². The Labute approximate surface area is 190 Å². The average molecular weight is 442 g/mol. The molecule has 0 radical (unpaired) electrons. The lowest BCUT2D eigenvalue weighted by Gasteiger charge is -2.47. The molecule has 2 aromatic rings. The minimum atomic E-state index is -0.00122. The second kappa shape index (κ2) is 10.4. The molecule has 1 aromatic heterocycles. The molecule has 6 heteroatoms. The number of carbonyl (C=O) groups is 1. The van der Waals surface area contributed by atoms with Crippen LogP contribution in [0.1, 0.15) is 53.8 Å². The molecule has 1 aliphatic heterocycles. The fourth-order valence-electron chi connectivity index (χ4n) is 4.50. The Kier molecular flexibility index (Phi) is 7.92. The molecule has 1 aliphatic rings. The fraction of sp³-hybridized carbons (Fsp3) is 0.480. The van der Waals surface area contributed by atoms with Crippen molar-refractivity contribution in [3.8, 4) is 5.75 Å². The molecule has 3 rings (SSSR count). The summed E-state index contributed by atoms with van der Waals surface area (Å²) in [7, 11) is 0. The lowest BCUT2D eigenvalue weighted by atomic mass is 9.98. The number of nitrogens with zero attached hydrogens (tertiary/aromatic N) is 3. The minimum Gasteiger partial charge on any atom is -0.508 e. The van der Waals surface area contributed by atoms with Gasteiger partial charge in [0.25, 0.3) is 5.91 Å². The molecule has 5 nitrogen and oxygen atoms in total. The maximum atomic E-state index is 12.9. The van der Waals surface area contributed by atoms with E-state index in [2.05, 4.69) is 42.4 Å². The number of phenolic OH excluding ortho intramolecular Hbond substituents is 1. The average Bonchev–Trinajstić information content (AvgIpc) is 3.22. The van der Waals surface area contributed by atoms with Crippen LogP contribution in [-0.4, -0.2) is 70.5 Å². The third kappa shape index (κ3) is 5.20. The molecule has 0 spiro atoms. The Morgan fingerprint density at radius 1 is 1.23 bits per heavy atom. The van der Waals surface area contributed by atoms with Gasteiger partial charge in [0.1, 0.15) is 5.75 Å². The van der Waals surface area contributed by atoms with Crippen LogP contribution in [0, 0.1) is 0 Å². The summed E-state index contributed by atoms with van der Waals surface area (Å²) < 4.78 is 0. The van der Waals surface area contributed by atoms with Gasteiger partial charge < -0.3 is 10.0 Å². The van der Waals surface area contributed by atoms with Gasteiger partial charge in [-0.3, -0.25) is 14.6 Å². The number of hydrogen-bond acceptors (Lipinski definition) is 5. The third-order valence-corrected chi connectivity index (χ3v) is 7.33. The Balaban J connectivity index is 1.97. The van der Waals surface area contributed by atoms with E-state index in [9.17, 15) is 9.90 Å². The zero-order valence-electron chi connectivity index (χ0n) is 19.1. The number of piperazine rings is 1. The summed E-state index contributed by atoms with van der Waals surface area (Å²) in [5.74, 6) is 0.359. The van der Waals surface area contributed by atoms with Crippen molar-refractivity contribution in [1.82, 2.24) is 14.7 Å². The van der Waals surface area contributed by atoms with E-state index in [1.807, 2.05) is 43.0 Å². The molecule has 0 bridgehead atoms. The number of hydrogen-bond donors (Lipinski definition) is 1. The monoisotopic (exact) mass is 441 g/mol. The summed E-state index contributed by atoms with van der Waals surface area (Å²) in [5.41, 5.74) is 1.06. The molecule has 2 heterocycles. The standard InChI is InChI=1S/C25H35N3O2S/c1-6-14-27-16-19(5)28(17-18(27)4)24(20-10-9-11-21(29)15-20)22-12-13-23(31-22)25(30)26(7-2)8-3/h6,9-13,15,18-19,24,29H,1,7-8,14,16-17H2,2-5H3/t18-,19+,24+/m0/s1. The lowest BCUT2D eigenvalue weighted by Crippen LogP contribution is -2.57. The third-order valence-electron chi connectivity index (χ3n) is 6.20. The number of rotatable bonds is 8. The molecule has 0 unspecified atom stereocenters. The Morgan fingerprint density at radius 2 is 1.97 bits per heavy atom. The molecule has 3 atom stereocenters. The summed E-state index contributed by atoms with van der Waals surface area (Å²) in [5, 5.41) is 10.2. The van der Waals surface area contributed by atoms with E-state index in [1.54, 1.807) is 17.4 Å². The highest BCUT2D eigenvalue weighted by molar-refractivity contribution is 7.14. The molecular weight excluding hydrogens is 406 g/mol.